The Bertz CT molecular complexity index is 610. The average Bonchev–Trinajstić information content (AvgIpc) is 2.95. The number of ether oxygens (including phenoxy) is 1. The summed E-state index contributed by atoms with van der Waals surface area (Å²) >= 11 is 0. The minimum absolute atomic E-state index is 0.670. The molecule has 6 nitrogen and oxygen atoms in total. The standard InChI is InChI=1S/C15H21N5O/c1-3-12-10-13(4-6-16-12)19-7-5-15-14(11-19)17-18-20(15)8-9-21-2/h4,6,10H,3,5,7-9,11H2,1-2H3. The third-order valence-electron chi connectivity index (χ3n) is 3.91. The van der Waals surface area contributed by atoms with Gasteiger partial charge >= 0.3 is 0 Å². The second kappa shape index (κ2) is 6.22. The number of fused-ring (bicyclic) bond motifs is 1. The zero-order chi connectivity index (χ0) is 14.7. The SMILES string of the molecule is CCc1cc(N2CCc3c(nnn3CCOC)C2)ccn1. The molecule has 0 unspecified atom stereocenters. The van der Waals surface area contributed by atoms with Crippen molar-refractivity contribution in [3.63, 3.8) is 0 Å². The number of aromatic nitrogens is 4. The Morgan fingerprint density at radius 2 is 2.29 bits per heavy atom. The maximum Gasteiger partial charge on any atom is 0.105 e. The average molecular weight is 287 g/mol. The van der Waals surface area contributed by atoms with Gasteiger partial charge in [0.25, 0.3) is 0 Å². The summed E-state index contributed by atoms with van der Waals surface area (Å²) in [6, 6.07) is 4.24. The molecule has 6 heteroatoms. The minimum Gasteiger partial charge on any atom is -0.383 e. The molecule has 2 aromatic rings. The maximum atomic E-state index is 5.12. The lowest BCUT2D eigenvalue weighted by Gasteiger charge is -2.28. The monoisotopic (exact) mass is 287 g/mol. The van der Waals surface area contributed by atoms with Crippen molar-refractivity contribution >= 4 is 5.69 Å². The number of hydrogen-bond donors (Lipinski definition) is 0. The van der Waals surface area contributed by atoms with Gasteiger partial charge in [-0.25, -0.2) is 4.68 Å². The summed E-state index contributed by atoms with van der Waals surface area (Å²) in [5.41, 5.74) is 4.67. The van der Waals surface area contributed by atoms with Gasteiger partial charge in [-0.05, 0) is 18.6 Å². The van der Waals surface area contributed by atoms with Crippen LogP contribution >= 0.6 is 0 Å². The molecule has 0 aromatic carbocycles. The Morgan fingerprint density at radius 3 is 3.10 bits per heavy atom. The Hall–Kier alpha value is -1.95. The van der Waals surface area contributed by atoms with Gasteiger partial charge in [-0.1, -0.05) is 12.1 Å². The van der Waals surface area contributed by atoms with Crippen LogP contribution < -0.4 is 4.90 Å². The van der Waals surface area contributed by atoms with Crippen LogP contribution in [0.5, 0.6) is 0 Å². The van der Waals surface area contributed by atoms with Gasteiger partial charge in [0.2, 0.25) is 0 Å². The lowest BCUT2D eigenvalue weighted by molar-refractivity contribution is 0.181. The third kappa shape index (κ3) is 2.90. The molecule has 0 aliphatic carbocycles. The van der Waals surface area contributed by atoms with E-state index < -0.39 is 0 Å². The van der Waals surface area contributed by atoms with Crippen molar-refractivity contribution in [2.45, 2.75) is 32.9 Å². The molecule has 0 saturated carbocycles. The smallest absolute Gasteiger partial charge is 0.105 e. The molecule has 0 saturated heterocycles. The van der Waals surface area contributed by atoms with Crippen LogP contribution in [0.2, 0.25) is 0 Å². The summed E-state index contributed by atoms with van der Waals surface area (Å²) in [6.45, 7) is 5.37. The highest BCUT2D eigenvalue weighted by atomic mass is 16.5. The van der Waals surface area contributed by atoms with Crippen molar-refractivity contribution in [3.05, 3.63) is 35.4 Å². The highest BCUT2D eigenvalue weighted by Crippen LogP contribution is 2.23. The molecular weight excluding hydrogens is 266 g/mol. The molecule has 0 atom stereocenters. The number of nitrogens with zero attached hydrogens (tertiary/aromatic N) is 5. The predicted molar refractivity (Wildman–Crippen MR) is 80.3 cm³/mol. The van der Waals surface area contributed by atoms with E-state index in [4.69, 9.17) is 4.74 Å². The van der Waals surface area contributed by atoms with Crippen molar-refractivity contribution in [2.75, 3.05) is 25.2 Å². The van der Waals surface area contributed by atoms with Crippen LogP contribution in [0.3, 0.4) is 0 Å². The van der Waals surface area contributed by atoms with Crippen LogP contribution in [0, 0.1) is 0 Å². The van der Waals surface area contributed by atoms with E-state index >= 15 is 0 Å². The lowest BCUT2D eigenvalue weighted by atomic mass is 10.1. The van der Waals surface area contributed by atoms with Crippen molar-refractivity contribution in [3.8, 4) is 0 Å². The number of aryl methyl sites for hydroxylation is 1. The summed E-state index contributed by atoms with van der Waals surface area (Å²) in [7, 11) is 1.71. The minimum atomic E-state index is 0.670. The van der Waals surface area contributed by atoms with Crippen molar-refractivity contribution in [1.29, 1.82) is 0 Å². The van der Waals surface area contributed by atoms with Gasteiger partial charge in [0.05, 0.1) is 25.4 Å². The number of anilines is 1. The number of methoxy groups -OCH3 is 1. The zero-order valence-electron chi connectivity index (χ0n) is 12.6. The molecule has 0 fully saturated rings. The molecule has 1 aliphatic heterocycles. The Balaban J connectivity index is 1.76. The van der Waals surface area contributed by atoms with Crippen molar-refractivity contribution < 1.29 is 4.74 Å². The summed E-state index contributed by atoms with van der Waals surface area (Å²) in [6.07, 6.45) is 3.81. The molecule has 3 rings (SSSR count). The fraction of sp³-hybridized carbons (Fsp3) is 0.533. The Kier molecular flexibility index (Phi) is 4.15. The molecule has 2 aromatic heterocycles. The fourth-order valence-electron chi connectivity index (χ4n) is 2.70. The molecule has 0 radical (unpaired) electrons. The van der Waals surface area contributed by atoms with Crippen molar-refractivity contribution in [2.24, 2.45) is 0 Å². The van der Waals surface area contributed by atoms with Gasteiger partial charge < -0.3 is 9.64 Å². The second-order valence-corrected chi connectivity index (χ2v) is 5.23. The predicted octanol–water partition coefficient (Wildman–Crippen LogP) is 1.44. The molecule has 21 heavy (non-hydrogen) atoms. The van der Waals surface area contributed by atoms with Crippen LogP contribution in [0.15, 0.2) is 18.3 Å². The van der Waals surface area contributed by atoms with E-state index in [0.29, 0.717) is 6.61 Å². The van der Waals surface area contributed by atoms with Gasteiger partial charge in [0.15, 0.2) is 0 Å². The van der Waals surface area contributed by atoms with E-state index in [1.807, 2.05) is 10.9 Å². The second-order valence-electron chi connectivity index (χ2n) is 5.23. The first-order valence-electron chi connectivity index (χ1n) is 7.42. The molecule has 3 heterocycles. The molecule has 0 bridgehead atoms. The summed E-state index contributed by atoms with van der Waals surface area (Å²) < 4.78 is 7.09. The van der Waals surface area contributed by atoms with Crippen molar-refractivity contribution in [1.82, 2.24) is 20.0 Å². The summed E-state index contributed by atoms with van der Waals surface area (Å²) in [5, 5.41) is 8.57. The molecular formula is C15H21N5O. The van der Waals surface area contributed by atoms with Crippen LogP contribution in [-0.2, 0) is 30.7 Å². The molecule has 0 spiro atoms. The summed E-state index contributed by atoms with van der Waals surface area (Å²) in [5.74, 6) is 0. The number of rotatable bonds is 5. The maximum absolute atomic E-state index is 5.12. The number of pyridine rings is 1. The summed E-state index contributed by atoms with van der Waals surface area (Å²) in [4.78, 5) is 6.71. The van der Waals surface area contributed by atoms with Gasteiger partial charge in [-0.15, -0.1) is 5.10 Å². The highest BCUT2D eigenvalue weighted by Gasteiger charge is 2.22. The van der Waals surface area contributed by atoms with E-state index in [-0.39, 0.29) is 0 Å². The zero-order valence-corrected chi connectivity index (χ0v) is 12.6. The molecule has 1 aliphatic rings. The van der Waals surface area contributed by atoms with E-state index in [1.54, 1.807) is 7.11 Å². The van der Waals surface area contributed by atoms with E-state index in [1.165, 1.54) is 11.4 Å². The third-order valence-corrected chi connectivity index (χ3v) is 3.91. The quantitative estimate of drug-likeness (QED) is 0.833. The van der Waals surface area contributed by atoms with Gasteiger partial charge in [-0.3, -0.25) is 4.98 Å². The number of hydrogen-bond acceptors (Lipinski definition) is 5. The first-order valence-corrected chi connectivity index (χ1v) is 7.42. The van der Waals surface area contributed by atoms with E-state index in [0.717, 1.165) is 43.9 Å². The topological polar surface area (TPSA) is 56.1 Å². The van der Waals surface area contributed by atoms with E-state index in [2.05, 4.69) is 39.3 Å². The molecule has 0 N–H and O–H groups in total. The Morgan fingerprint density at radius 1 is 1.38 bits per heavy atom. The first-order chi connectivity index (χ1) is 10.3. The highest BCUT2D eigenvalue weighted by molar-refractivity contribution is 5.48. The van der Waals surface area contributed by atoms with Crippen LogP contribution in [0.25, 0.3) is 0 Å². The molecule has 0 amide bonds. The van der Waals surface area contributed by atoms with Crippen LogP contribution in [-0.4, -0.2) is 40.2 Å². The normalized spacial score (nSPS) is 14.3. The van der Waals surface area contributed by atoms with Gasteiger partial charge in [0.1, 0.15) is 5.69 Å². The fourth-order valence-corrected chi connectivity index (χ4v) is 2.70. The van der Waals surface area contributed by atoms with Gasteiger partial charge in [0, 0.05) is 37.7 Å². The van der Waals surface area contributed by atoms with E-state index in [9.17, 15) is 0 Å². The van der Waals surface area contributed by atoms with Crippen LogP contribution in [0.4, 0.5) is 5.69 Å². The van der Waals surface area contributed by atoms with Crippen LogP contribution in [0.1, 0.15) is 24.0 Å². The first kappa shape index (κ1) is 14.0. The largest absolute Gasteiger partial charge is 0.383 e. The lowest BCUT2D eigenvalue weighted by Crippen LogP contribution is -2.31. The van der Waals surface area contributed by atoms with Gasteiger partial charge in [-0.2, -0.15) is 0 Å². The Labute approximate surface area is 124 Å². The molecule has 112 valence electrons.